The number of aryl methyl sites for hydroxylation is 1. The summed E-state index contributed by atoms with van der Waals surface area (Å²) in [6.45, 7) is 4.42. The minimum atomic E-state index is 0.306. The summed E-state index contributed by atoms with van der Waals surface area (Å²) in [6, 6.07) is 2.10. The van der Waals surface area contributed by atoms with E-state index in [-0.39, 0.29) is 0 Å². The van der Waals surface area contributed by atoms with E-state index >= 15 is 0 Å². The van der Waals surface area contributed by atoms with Gasteiger partial charge >= 0.3 is 0 Å². The van der Waals surface area contributed by atoms with Crippen LogP contribution in [-0.4, -0.2) is 5.78 Å². The van der Waals surface area contributed by atoms with Crippen LogP contribution in [0.5, 0.6) is 0 Å². The Hall–Kier alpha value is -0.630. The number of carbonyl (C=O) groups is 1. The molecule has 1 aliphatic rings. The van der Waals surface area contributed by atoms with Crippen molar-refractivity contribution in [3.05, 3.63) is 21.9 Å². The number of thiophene rings is 1. The van der Waals surface area contributed by atoms with Crippen LogP contribution in [0.1, 0.15) is 54.8 Å². The lowest BCUT2D eigenvalue weighted by atomic mass is 9.80. The quantitative estimate of drug-likeness (QED) is 0.714. The van der Waals surface area contributed by atoms with Gasteiger partial charge in [0, 0.05) is 5.92 Å². The zero-order valence-corrected chi connectivity index (χ0v) is 11.0. The van der Waals surface area contributed by atoms with Gasteiger partial charge in [-0.1, -0.05) is 26.7 Å². The summed E-state index contributed by atoms with van der Waals surface area (Å²) in [7, 11) is 0. The van der Waals surface area contributed by atoms with Crippen molar-refractivity contribution in [2.45, 2.75) is 46.0 Å². The van der Waals surface area contributed by atoms with Gasteiger partial charge in [0.1, 0.15) is 0 Å². The predicted octanol–water partition coefficient (Wildman–Crippen LogP) is 4.32. The Balaban J connectivity index is 2.07. The number of hydrogen-bond donors (Lipinski definition) is 0. The Morgan fingerprint density at radius 3 is 2.69 bits per heavy atom. The van der Waals surface area contributed by atoms with Crippen LogP contribution in [-0.2, 0) is 6.42 Å². The minimum absolute atomic E-state index is 0.306. The largest absolute Gasteiger partial charge is 0.293 e. The van der Waals surface area contributed by atoms with Crippen LogP contribution >= 0.6 is 11.3 Å². The van der Waals surface area contributed by atoms with Gasteiger partial charge in [-0.2, -0.15) is 0 Å². The molecular formula is C14H20OS. The van der Waals surface area contributed by atoms with Crippen molar-refractivity contribution < 1.29 is 4.79 Å². The van der Waals surface area contributed by atoms with E-state index < -0.39 is 0 Å². The highest BCUT2D eigenvalue weighted by Gasteiger charge is 2.26. The average Bonchev–Trinajstić information content (AvgIpc) is 2.77. The first-order valence-electron chi connectivity index (χ1n) is 6.33. The standard InChI is InChI=1S/C14H20OS/c1-3-11-8-9-16-14(11)13(15)12-6-4-10(2)5-7-12/h8-10,12H,3-7H2,1-2H3. The van der Waals surface area contributed by atoms with Crippen molar-refractivity contribution in [1.82, 2.24) is 0 Å². The van der Waals surface area contributed by atoms with Crippen LogP contribution in [0.4, 0.5) is 0 Å². The van der Waals surface area contributed by atoms with Crippen LogP contribution in [0.3, 0.4) is 0 Å². The fraction of sp³-hybridized carbons (Fsp3) is 0.643. The highest BCUT2D eigenvalue weighted by atomic mass is 32.1. The molecule has 1 nitrogen and oxygen atoms in total. The van der Waals surface area contributed by atoms with Gasteiger partial charge in [0.05, 0.1) is 4.88 Å². The van der Waals surface area contributed by atoms with Crippen LogP contribution in [0, 0.1) is 11.8 Å². The van der Waals surface area contributed by atoms with E-state index in [2.05, 4.69) is 25.3 Å². The van der Waals surface area contributed by atoms with Crippen molar-refractivity contribution in [1.29, 1.82) is 0 Å². The third kappa shape index (κ3) is 2.37. The molecule has 16 heavy (non-hydrogen) atoms. The number of ketones is 1. The number of Topliss-reactive ketones (excluding diaryl/α,β-unsaturated/α-hetero) is 1. The molecule has 0 unspecified atom stereocenters. The number of hydrogen-bond acceptors (Lipinski definition) is 2. The summed E-state index contributed by atoms with van der Waals surface area (Å²) >= 11 is 1.63. The van der Waals surface area contributed by atoms with E-state index in [0.717, 1.165) is 30.1 Å². The molecule has 0 aliphatic heterocycles. The van der Waals surface area contributed by atoms with Gasteiger partial charge in [-0.3, -0.25) is 4.79 Å². The highest BCUT2D eigenvalue weighted by molar-refractivity contribution is 7.12. The van der Waals surface area contributed by atoms with Gasteiger partial charge in [0.2, 0.25) is 0 Å². The van der Waals surface area contributed by atoms with Gasteiger partial charge in [0.25, 0.3) is 0 Å². The maximum absolute atomic E-state index is 12.4. The first-order valence-corrected chi connectivity index (χ1v) is 7.21. The molecule has 2 heteroatoms. The van der Waals surface area contributed by atoms with Gasteiger partial charge in [-0.15, -0.1) is 11.3 Å². The second kappa shape index (κ2) is 5.13. The Labute approximate surface area is 102 Å². The normalized spacial score (nSPS) is 25.6. The maximum Gasteiger partial charge on any atom is 0.176 e. The smallest absolute Gasteiger partial charge is 0.176 e. The van der Waals surface area contributed by atoms with E-state index in [1.54, 1.807) is 11.3 Å². The van der Waals surface area contributed by atoms with Gasteiger partial charge in [-0.05, 0) is 42.2 Å². The van der Waals surface area contributed by atoms with Crippen LogP contribution in [0.15, 0.2) is 11.4 Å². The summed E-state index contributed by atoms with van der Waals surface area (Å²) in [6.07, 6.45) is 5.63. The second-order valence-electron chi connectivity index (χ2n) is 4.95. The molecule has 88 valence electrons. The van der Waals surface area contributed by atoms with Crippen molar-refractivity contribution >= 4 is 17.1 Å². The van der Waals surface area contributed by atoms with E-state index in [1.165, 1.54) is 18.4 Å². The molecule has 0 saturated heterocycles. The molecular weight excluding hydrogens is 216 g/mol. The lowest BCUT2D eigenvalue weighted by molar-refractivity contribution is 0.0879. The molecule has 2 rings (SSSR count). The average molecular weight is 236 g/mol. The minimum Gasteiger partial charge on any atom is -0.293 e. The van der Waals surface area contributed by atoms with E-state index in [0.29, 0.717) is 11.7 Å². The van der Waals surface area contributed by atoms with Crippen molar-refractivity contribution in [2.24, 2.45) is 11.8 Å². The van der Waals surface area contributed by atoms with E-state index in [4.69, 9.17) is 0 Å². The zero-order chi connectivity index (χ0) is 11.5. The molecule has 0 spiro atoms. The highest BCUT2D eigenvalue weighted by Crippen LogP contribution is 2.32. The van der Waals surface area contributed by atoms with E-state index in [9.17, 15) is 4.79 Å². The monoisotopic (exact) mass is 236 g/mol. The summed E-state index contributed by atoms with van der Waals surface area (Å²) < 4.78 is 0. The lowest BCUT2D eigenvalue weighted by Crippen LogP contribution is -2.20. The Bertz CT molecular complexity index is 359. The number of carbonyl (C=O) groups excluding carboxylic acids is 1. The van der Waals surface area contributed by atoms with Gasteiger partial charge < -0.3 is 0 Å². The van der Waals surface area contributed by atoms with Gasteiger partial charge in [0.15, 0.2) is 5.78 Å². The van der Waals surface area contributed by atoms with Gasteiger partial charge in [-0.25, -0.2) is 0 Å². The lowest BCUT2D eigenvalue weighted by Gasteiger charge is -2.24. The molecule has 0 aromatic carbocycles. The fourth-order valence-corrected chi connectivity index (χ4v) is 3.55. The molecule has 1 heterocycles. The summed E-state index contributed by atoms with van der Waals surface area (Å²) in [5, 5.41) is 2.05. The predicted molar refractivity (Wildman–Crippen MR) is 69.1 cm³/mol. The van der Waals surface area contributed by atoms with Crippen LogP contribution in [0.2, 0.25) is 0 Å². The number of rotatable bonds is 3. The van der Waals surface area contributed by atoms with Crippen LogP contribution < -0.4 is 0 Å². The SMILES string of the molecule is CCc1ccsc1C(=O)C1CCC(C)CC1. The Kier molecular flexibility index (Phi) is 3.80. The molecule has 1 aliphatic carbocycles. The molecule has 1 aromatic rings. The molecule has 0 bridgehead atoms. The van der Waals surface area contributed by atoms with Crippen LogP contribution in [0.25, 0.3) is 0 Å². The molecule has 0 radical (unpaired) electrons. The Morgan fingerprint density at radius 1 is 1.38 bits per heavy atom. The van der Waals surface area contributed by atoms with Crippen molar-refractivity contribution in [3.63, 3.8) is 0 Å². The topological polar surface area (TPSA) is 17.1 Å². The first kappa shape index (κ1) is 11.8. The molecule has 1 aromatic heterocycles. The second-order valence-corrected chi connectivity index (χ2v) is 5.87. The van der Waals surface area contributed by atoms with Crippen molar-refractivity contribution in [3.8, 4) is 0 Å². The molecule has 0 atom stereocenters. The molecule has 0 amide bonds. The molecule has 1 fully saturated rings. The first-order chi connectivity index (χ1) is 7.72. The zero-order valence-electron chi connectivity index (χ0n) is 10.2. The third-order valence-electron chi connectivity index (χ3n) is 3.74. The summed E-state index contributed by atoms with van der Waals surface area (Å²) in [5.41, 5.74) is 1.24. The maximum atomic E-state index is 12.4. The summed E-state index contributed by atoms with van der Waals surface area (Å²) in [4.78, 5) is 13.4. The molecule has 1 saturated carbocycles. The summed E-state index contributed by atoms with van der Waals surface area (Å²) in [5.74, 6) is 1.54. The van der Waals surface area contributed by atoms with Crippen molar-refractivity contribution in [2.75, 3.05) is 0 Å². The van der Waals surface area contributed by atoms with E-state index in [1.807, 2.05) is 0 Å². The molecule has 0 N–H and O–H groups in total. The Morgan fingerprint density at radius 2 is 2.06 bits per heavy atom. The third-order valence-corrected chi connectivity index (χ3v) is 4.71. The fourth-order valence-electron chi connectivity index (χ4n) is 2.54.